The van der Waals surface area contributed by atoms with Crippen LogP contribution >= 0.6 is 7.60 Å². The van der Waals surface area contributed by atoms with Crippen LogP contribution in [0.5, 0.6) is 0 Å². The average Bonchev–Trinajstić information content (AvgIpc) is 2.15. The van der Waals surface area contributed by atoms with Crippen LogP contribution in [0.1, 0.15) is 38.5 Å². The summed E-state index contributed by atoms with van der Waals surface area (Å²) in [6.45, 7) is -0.0610. The predicted octanol–water partition coefficient (Wildman–Crippen LogP) is 3.72. The molecular weight excluding hydrogens is 256 g/mol. The highest BCUT2D eigenvalue weighted by molar-refractivity contribution is 7.52. The maximum Gasteiger partial charge on any atom is 0.400 e. The number of alkyl halides is 3. The SMILES string of the molecule is O=P(O)(CC(F)(F)F)OCCC1CCCCC1. The Morgan fingerprint density at radius 3 is 2.35 bits per heavy atom. The van der Waals surface area contributed by atoms with Crippen molar-refractivity contribution in [2.45, 2.75) is 44.7 Å². The lowest BCUT2D eigenvalue weighted by Crippen LogP contribution is -2.16. The normalized spacial score (nSPS) is 22.4. The maximum absolute atomic E-state index is 11.9. The fraction of sp³-hybridized carbons (Fsp3) is 1.00. The van der Waals surface area contributed by atoms with Crippen LogP contribution in [0.3, 0.4) is 0 Å². The molecule has 1 saturated carbocycles. The van der Waals surface area contributed by atoms with E-state index in [-0.39, 0.29) is 6.61 Å². The molecule has 1 N–H and O–H groups in total. The average molecular weight is 274 g/mol. The Bertz CT molecular complexity index is 274. The Morgan fingerprint density at radius 2 is 1.82 bits per heavy atom. The summed E-state index contributed by atoms with van der Waals surface area (Å²) in [7, 11) is -4.51. The smallest absolute Gasteiger partial charge is 0.324 e. The van der Waals surface area contributed by atoms with Crippen molar-refractivity contribution in [1.82, 2.24) is 0 Å². The molecular formula is C10H18F3O3P. The summed E-state index contributed by atoms with van der Waals surface area (Å²) in [5, 5.41) is 0. The Kier molecular flexibility index (Phi) is 5.48. The van der Waals surface area contributed by atoms with Crippen molar-refractivity contribution in [3.05, 3.63) is 0 Å². The van der Waals surface area contributed by atoms with E-state index in [1.807, 2.05) is 0 Å². The zero-order valence-electron chi connectivity index (χ0n) is 9.58. The van der Waals surface area contributed by atoms with E-state index < -0.39 is 19.9 Å². The van der Waals surface area contributed by atoms with Gasteiger partial charge in [0, 0.05) is 0 Å². The van der Waals surface area contributed by atoms with Gasteiger partial charge in [0.1, 0.15) is 6.16 Å². The van der Waals surface area contributed by atoms with Gasteiger partial charge in [-0.2, -0.15) is 13.2 Å². The summed E-state index contributed by atoms with van der Waals surface area (Å²) < 4.78 is 51.3. The number of rotatable bonds is 5. The second-order valence-electron chi connectivity index (χ2n) is 4.54. The molecule has 1 fully saturated rings. The van der Waals surface area contributed by atoms with Crippen LogP contribution in [0.25, 0.3) is 0 Å². The lowest BCUT2D eigenvalue weighted by Gasteiger charge is -2.22. The van der Waals surface area contributed by atoms with E-state index in [4.69, 9.17) is 4.89 Å². The molecule has 0 bridgehead atoms. The molecule has 1 aliphatic rings. The van der Waals surface area contributed by atoms with E-state index in [0.29, 0.717) is 12.3 Å². The molecule has 102 valence electrons. The van der Waals surface area contributed by atoms with Gasteiger partial charge in [-0.15, -0.1) is 0 Å². The van der Waals surface area contributed by atoms with Crippen LogP contribution in [-0.2, 0) is 9.09 Å². The molecule has 0 saturated heterocycles. The van der Waals surface area contributed by atoms with Crippen molar-refractivity contribution >= 4 is 7.60 Å². The van der Waals surface area contributed by atoms with E-state index in [9.17, 15) is 17.7 Å². The monoisotopic (exact) mass is 274 g/mol. The van der Waals surface area contributed by atoms with Gasteiger partial charge in [-0.05, 0) is 12.3 Å². The van der Waals surface area contributed by atoms with E-state index in [2.05, 4.69) is 4.52 Å². The third-order valence-corrected chi connectivity index (χ3v) is 4.27. The summed E-state index contributed by atoms with van der Waals surface area (Å²) in [5.74, 6) is 0.426. The molecule has 1 atom stereocenters. The molecule has 7 heteroatoms. The predicted molar refractivity (Wildman–Crippen MR) is 57.9 cm³/mol. The molecule has 1 aliphatic carbocycles. The van der Waals surface area contributed by atoms with Crippen molar-refractivity contribution in [3.8, 4) is 0 Å². The Hall–Kier alpha value is -0.0600. The van der Waals surface area contributed by atoms with Crippen LogP contribution in [0.2, 0.25) is 0 Å². The van der Waals surface area contributed by atoms with Crippen molar-refractivity contribution in [2.24, 2.45) is 5.92 Å². The van der Waals surface area contributed by atoms with Crippen molar-refractivity contribution in [3.63, 3.8) is 0 Å². The van der Waals surface area contributed by atoms with Crippen LogP contribution in [0.15, 0.2) is 0 Å². The quantitative estimate of drug-likeness (QED) is 0.777. The molecule has 0 aromatic carbocycles. The van der Waals surface area contributed by atoms with Gasteiger partial charge in [0.25, 0.3) is 0 Å². The Labute approximate surface area is 98.9 Å². The van der Waals surface area contributed by atoms with Gasteiger partial charge in [0.15, 0.2) is 0 Å². The maximum atomic E-state index is 11.9. The van der Waals surface area contributed by atoms with E-state index in [1.54, 1.807) is 0 Å². The molecule has 0 amide bonds. The van der Waals surface area contributed by atoms with E-state index in [0.717, 1.165) is 25.7 Å². The first-order chi connectivity index (χ1) is 7.79. The zero-order valence-corrected chi connectivity index (χ0v) is 10.5. The van der Waals surface area contributed by atoms with Gasteiger partial charge in [0.05, 0.1) is 6.61 Å². The second-order valence-corrected chi connectivity index (χ2v) is 6.39. The first-order valence-corrected chi connectivity index (χ1v) is 7.58. The minimum Gasteiger partial charge on any atom is -0.324 e. The molecule has 0 heterocycles. The minimum absolute atomic E-state index is 0.0610. The number of hydrogen-bond acceptors (Lipinski definition) is 2. The molecule has 0 spiro atoms. The first-order valence-electron chi connectivity index (χ1n) is 5.82. The van der Waals surface area contributed by atoms with Gasteiger partial charge >= 0.3 is 13.8 Å². The molecule has 0 radical (unpaired) electrons. The zero-order chi connectivity index (χ0) is 12.9. The van der Waals surface area contributed by atoms with Crippen molar-refractivity contribution in [1.29, 1.82) is 0 Å². The molecule has 17 heavy (non-hydrogen) atoms. The fourth-order valence-corrected chi connectivity index (χ4v) is 3.05. The molecule has 1 rings (SSSR count). The largest absolute Gasteiger partial charge is 0.400 e. The highest BCUT2D eigenvalue weighted by Crippen LogP contribution is 2.47. The summed E-state index contributed by atoms with van der Waals surface area (Å²) >= 11 is 0. The summed E-state index contributed by atoms with van der Waals surface area (Å²) in [6.07, 6.45) is -0.309. The van der Waals surface area contributed by atoms with Crippen LogP contribution in [-0.4, -0.2) is 23.8 Å². The lowest BCUT2D eigenvalue weighted by molar-refractivity contribution is -0.109. The molecule has 0 aliphatic heterocycles. The minimum atomic E-state index is -4.66. The number of halogens is 3. The molecule has 0 aromatic heterocycles. The fourth-order valence-electron chi connectivity index (χ4n) is 2.11. The van der Waals surface area contributed by atoms with E-state index in [1.165, 1.54) is 6.42 Å². The Balaban J connectivity index is 2.22. The molecule has 1 unspecified atom stereocenters. The standard InChI is InChI=1S/C10H18F3O3P/c11-10(12,13)8-17(14,15)16-7-6-9-4-2-1-3-5-9/h9H,1-8H2,(H,14,15). The molecule has 3 nitrogen and oxygen atoms in total. The number of hydrogen-bond donors (Lipinski definition) is 1. The van der Waals surface area contributed by atoms with Gasteiger partial charge < -0.3 is 9.42 Å². The highest BCUT2D eigenvalue weighted by atomic mass is 31.2. The lowest BCUT2D eigenvalue weighted by atomic mass is 9.87. The van der Waals surface area contributed by atoms with Crippen molar-refractivity contribution < 1.29 is 27.2 Å². The van der Waals surface area contributed by atoms with Crippen LogP contribution in [0, 0.1) is 5.92 Å². The van der Waals surface area contributed by atoms with Crippen LogP contribution < -0.4 is 0 Å². The highest BCUT2D eigenvalue weighted by Gasteiger charge is 2.39. The van der Waals surface area contributed by atoms with Gasteiger partial charge in [-0.3, -0.25) is 4.57 Å². The summed E-state index contributed by atoms with van der Waals surface area (Å²) in [6, 6.07) is 0. The topological polar surface area (TPSA) is 46.5 Å². The second kappa shape index (κ2) is 6.21. The summed E-state index contributed by atoms with van der Waals surface area (Å²) in [5.41, 5.74) is 0. The molecule has 0 aromatic rings. The van der Waals surface area contributed by atoms with Gasteiger partial charge in [0.2, 0.25) is 0 Å². The van der Waals surface area contributed by atoms with Gasteiger partial charge in [-0.25, -0.2) is 0 Å². The van der Waals surface area contributed by atoms with Crippen LogP contribution in [0.4, 0.5) is 13.2 Å². The van der Waals surface area contributed by atoms with Gasteiger partial charge in [-0.1, -0.05) is 32.1 Å². The third kappa shape index (κ3) is 7.06. The summed E-state index contributed by atoms with van der Waals surface area (Å²) in [4.78, 5) is 8.99. The first kappa shape index (κ1) is 15.0. The third-order valence-electron chi connectivity index (χ3n) is 2.92. The van der Waals surface area contributed by atoms with Crippen molar-refractivity contribution in [2.75, 3.05) is 12.8 Å². The Morgan fingerprint density at radius 1 is 1.24 bits per heavy atom. The van der Waals surface area contributed by atoms with E-state index >= 15 is 0 Å².